The van der Waals surface area contributed by atoms with Gasteiger partial charge in [0.05, 0.1) is 17.9 Å². The maximum Gasteiger partial charge on any atom is 0.283 e. The van der Waals surface area contributed by atoms with Gasteiger partial charge in [0.2, 0.25) is 0 Å². The Morgan fingerprint density at radius 3 is 2.85 bits per heavy atom. The van der Waals surface area contributed by atoms with Gasteiger partial charge >= 0.3 is 0 Å². The number of thiazole rings is 1. The minimum Gasteiger partial charge on any atom is -0.374 e. The second-order valence-corrected chi connectivity index (χ2v) is 6.64. The van der Waals surface area contributed by atoms with Gasteiger partial charge in [-0.3, -0.25) is 4.79 Å². The van der Waals surface area contributed by atoms with E-state index in [9.17, 15) is 4.79 Å². The molecule has 2 rings (SSSR count). The smallest absolute Gasteiger partial charge is 0.283 e. The molecule has 1 atom stereocenters. The molecule has 1 unspecified atom stereocenters. The van der Waals surface area contributed by atoms with Crippen molar-refractivity contribution in [2.45, 2.75) is 39.8 Å². The Morgan fingerprint density at radius 2 is 2.25 bits per heavy atom. The number of rotatable bonds is 5. The highest BCUT2D eigenvalue weighted by atomic mass is 79.9. The Labute approximate surface area is 130 Å². The SMILES string of the molecule is CCCn1ncc(NC(C)c2ncc(C)s2)c(Br)c1=O. The molecule has 20 heavy (non-hydrogen) atoms. The first kappa shape index (κ1) is 15.2. The van der Waals surface area contributed by atoms with Crippen LogP contribution in [0.4, 0.5) is 5.69 Å². The van der Waals surface area contributed by atoms with Crippen molar-refractivity contribution in [2.24, 2.45) is 0 Å². The average Bonchev–Trinajstić information content (AvgIpc) is 2.85. The van der Waals surface area contributed by atoms with Gasteiger partial charge in [-0.15, -0.1) is 11.3 Å². The van der Waals surface area contributed by atoms with E-state index in [-0.39, 0.29) is 11.6 Å². The summed E-state index contributed by atoms with van der Waals surface area (Å²) >= 11 is 5.00. The Morgan fingerprint density at radius 1 is 1.50 bits per heavy atom. The molecule has 108 valence electrons. The standard InChI is InChI=1S/C13H17BrN4OS/c1-4-5-18-13(19)11(14)10(7-16-18)17-9(3)12-15-6-8(2)20-12/h6-7,9,17H,4-5H2,1-3H3. The molecule has 2 heterocycles. The lowest BCUT2D eigenvalue weighted by molar-refractivity contribution is 0.565. The van der Waals surface area contributed by atoms with Gasteiger partial charge < -0.3 is 5.32 Å². The summed E-state index contributed by atoms with van der Waals surface area (Å²) in [5.41, 5.74) is 0.585. The van der Waals surface area contributed by atoms with Gasteiger partial charge in [-0.05, 0) is 36.2 Å². The van der Waals surface area contributed by atoms with Gasteiger partial charge in [0, 0.05) is 17.6 Å². The van der Waals surface area contributed by atoms with E-state index in [4.69, 9.17) is 0 Å². The zero-order valence-corrected chi connectivity index (χ0v) is 14.1. The van der Waals surface area contributed by atoms with E-state index in [2.05, 4.69) is 31.3 Å². The fraction of sp³-hybridized carbons (Fsp3) is 0.462. The molecule has 5 nitrogen and oxygen atoms in total. The third kappa shape index (κ3) is 3.27. The van der Waals surface area contributed by atoms with Crippen molar-refractivity contribution in [3.8, 4) is 0 Å². The molecule has 0 aliphatic rings. The highest BCUT2D eigenvalue weighted by molar-refractivity contribution is 9.10. The highest BCUT2D eigenvalue weighted by Gasteiger charge is 2.14. The molecule has 0 spiro atoms. The van der Waals surface area contributed by atoms with E-state index in [0.29, 0.717) is 16.7 Å². The Kier molecular flexibility index (Phi) is 4.93. The van der Waals surface area contributed by atoms with Crippen LogP contribution in [0.1, 0.15) is 36.2 Å². The first-order chi connectivity index (χ1) is 9.52. The summed E-state index contributed by atoms with van der Waals surface area (Å²) in [6, 6.07) is 0.0354. The lowest BCUT2D eigenvalue weighted by Crippen LogP contribution is -2.24. The van der Waals surface area contributed by atoms with Crippen molar-refractivity contribution in [1.82, 2.24) is 14.8 Å². The molecule has 0 saturated heterocycles. The maximum absolute atomic E-state index is 12.1. The fourth-order valence-electron chi connectivity index (χ4n) is 1.80. The minimum absolute atomic E-state index is 0.0354. The van der Waals surface area contributed by atoms with Crippen molar-refractivity contribution >= 4 is 33.0 Å². The first-order valence-corrected chi connectivity index (χ1v) is 8.08. The van der Waals surface area contributed by atoms with E-state index in [0.717, 1.165) is 11.4 Å². The van der Waals surface area contributed by atoms with Crippen LogP contribution in [0.2, 0.25) is 0 Å². The second kappa shape index (κ2) is 6.49. The van der Waals surface area contributed by atoms with Crippen molar-refractivity contribution in [2.75, 3.05) is 5.32 Å². The molecular formula is C13H17BrN4OS. The molecule has 0 aromatic carbocycles. The number of anilines is 1. The molecule has 0 aliphatic carbocycles. The van der Waals surface area contributed by atoms with Crippen LogP contribution in [-0.2, 0) is 6.54 Å². The Hall–Kier alpha value is -1.21. The molecular weight excluding hydrogens is 340 g/mol. The molecule has 0 radical (unpaired) electrons. The van der Waals surface area contributed by atoms with Crippen LogP contribution in [-0.4, -0.2) is 14.8 Å². The summed E-state index contributed by atoms with van der Waals surface area (Å²) in [6.45, 7) is 6.68. The van der Waals surface area contributed by atoms with Gasteiger partial charge in [-0.25, -0.2) is 9.67 Å². The van der Waals surface area contributed by atoms with Crippen LogP contribution in [0.25, 0.3) is 0 Å². The summed E-state index contributed by atoms with van der Waals surface area (Å²) in [7, 11) is 0. The highest BCUT2D eigenvalue weighted by Crippen LogP contribution is 2.25. The number of hydrogen-bond acceptors (Lipinski definition) is 5. The summed E-state index contributed by atoms with van der Waals surface area (Å²) in [6.07, 6.45) is 4.41. The van der Waals surface area contributed by atoms with Crippen molar-refractivity contribution < 1.29 is 0 Å². The topological polar surface area (TPSA) is 59.8 Å². The van der Waals surface area contributed by atoms with Gasteiger partial charge in [0.15, 0.2) is 0 Å². The quantitative estimate of drug-likeness (QED) is 0.892. The maximum atomic E-state index is 12.1. The molecule has 1 N–H and O–H groups in total. The van der Waals surface area contributed by atoms with Crippen LogP contribution < -0.4 is 10.9 Å². The average molecular weight is 357 g/mol. The summed E-state index contributed by atoms with van der Waals surface area (Å²) in [4.78, 5) is 17.6. The van der Waals surface area contributed by atoms with Gasteiger partial charge in [-0.2, -0.15) is 5.10 Å². The van der Waals surface area contributed by atoms with E-state index in [1.165, 1.54) is 9.56 Å². The first-order valence-electron chi connectivity index (χ1n) is 6.47. The Bertz CT molecular complexity index is 652. The van der Waals surface area contributed by atoms with Crippen LogP contribution in [0.3, 0.4) is 0 Å². The predicted octanol–water partition coefficient (Wildman–Crippen LogP) is 3.35. The van der Waals surface area contributed by atoms with Crippen LogP contribution >= 0.6 is 27.3 Å². The number of hydrogen-bond donors (Lipinski definition) is 1. The van der Waals surface area contributed by atoms with Gasteiger partial charge in [-0.1, -0.05) is 6.92 Å². The van der Waals surface area contributed by atoms with Gasteiger partial charge in [0.1, 0.15) is 9.48 Å². The van der Waals surface area contributed by atoms with Crippen LogP contribution in [0.15, 0.2) is 21.7 Å². The third-order valence-electron chi connectivity index (χ3n) is 2.80. The monoisotopic (exact) mass is 356 g/mol. The fourth-order valence-corrected chi connectivity index (χ4v) is 3.00. The number of nitrogens with one attached hydrogen (secondary N) is 1. The minimum atomic E-state index is -0.112. The van der Waals surface area contributed by atoms with Crippen molar-refractivity contribution in [3.05, 3.63) is 37.1 Å². The lowest BCUT2D eigenvalue weighted by atomic mass is 10.3. The second-order valence-electron chi connectivity index (χ2n) is 4.58. The van der Waals surface area contributed by atoms with E-state index in [1.807, 2.05) is 27.0 Å². The molecule has 2 aromatic rings. The van der Waals surface area contributed by atoms with Crippen LogP contribution in [0, 0.1) is 6.92 Å². The lowest BCUT2D eigenvalue weighted by Gasteiger charge is -2.14. The van der Waals surface area contributed by atoms with Crippen molar-refractivity contribution in [1.29, 1.82) is 0 Å². The molecule has 0 aliphatic heterocycles. The molecule has 7 heteroatoms. The third-order valence-corrected chi connectivity index (χ3v) is 4.66. The summed E-state index contributed by atoms with van der Waals surface area (Å²) in [5.74, 6) is 0. The largest absolute Gasteiger partial charge is 0.374 e. The normalized spacial score (nSPS) is 12.4. The molecule has 0 fully saturated rings. The number of aromatic nitrogens is 3. The van der Waals surface area contributed by atoms with Crippen LogP contribution in [0.5, 0.6) is 0 Å². The van der Waals surface area contributed by atoms with E-state index < -0.39 is 0 Å². The number of halogens is 1. The zero-order chi connectivity index (χ0) is 14.7. The van der Waals surface area contributed by atoms with Crippen molar-refractivity contribution in [3.63, 3.8) is 0 Å². The molecule has 0 amide bonds. The molecule has 0 bridgehead atoms. The number of nitrogens with zero attached hydrogens (tertiary/aromatic N) is 3. The number of aryl methyl sites for hydroxylation is 2. The zero-order valence-electron chi connectivity index (χ0n) is 11.7. The molecule has 0 saturated carbocycles. The Balaban J connectivity index is 2.22. The molecule has 2 aromatic heterocycles. The van der Waals surface area contributed by atoms with Gasteiger partial charge in [0.25, 0.3) is 5.56 Å². The summed E-state index contributed by atoms with van der Waals surface area (Å²) in [5, 5.41) is 8.44. The summed E-state index contributed by atoms with van der Waals surface area (Å²) < 4.78 is 1.98. The van der Waals surface area contributed by atoms with E-state index >= 15 is 0 Å². The van der Waals surface area contributed by atoms with E-state index in [1.54, 1.807) is 17.5 Å². The predicted molar refractivity (Wildman–Crippen MR) is 85.4 cm³/mol.